The van der Waals surface area contributed by atoms with Crippen LogP contribution in [0.2, 0.25) is 0 Å². The van der Waals surface area contributed by atoms with Crippen LogP contribution in [0.5, 0.6) is 0 Å². The maximum atomic E-state index is 6.34. The highest BCUT2D eigenvalue weighted by Gasteiger charge is 2.17. The Bertz CT molecular complexity index is 3170. The van der Waals surface area contributed by atoms with Gasteiger partial charge in [0.15, 0.2) is 0 Å². The van der Waals surface area contributed by atoms with E-state index in [9.17, 15) is 0 Å². The van der Waals surface area contributed by atoms with E-state index in [1.54, 1.807) is 0 Å². The number of fused-ring (bicyclic) bond motifs is 12. The molecule has 0 spiro atoms. The highest BCUT2D eigenvalue weighted by atomic mass is 32.1. The molecule has 0 amide bonds. The monoisotopic (exact) mass is 654 g/mol. The van der Waals surface area contributed by atoms with Gasteiger partial charge in [-0.05, 0) is 74.5 Å². The van der Waals surface area contributed by atoms with Crippen molar-refractivity contribution in [3.63, 3.8) is 0 Å². The van der Waals surface area contributed by atoms with Crippen LogP contribution in [0.4, 0.5) is 0 Å². The molecule has 3 nitrogen and oxygen atoms in total. The Hall–Kier alpha value is -6.36. The van der Waals surface area contributed by atoms with Gasteiger partial charge in [0.05, 0.1) is 5.52 Å². The van der Waals surface area contributed by atoms with Gasteiger partial charge in [-0.1, -0.05) is 127 Å². The lowest BCUT2D eigenvalue weighted by atomic mass is 9.95. The number of furan rings is 1. The second-order valence-electron chi connectivity index (χ2n) is 12.9. The third kappa shape index (κ3) is 4.09. The number of aromatic nitrogens is 2. The van der Waals surface area contributed by atoms with Crippen LogP contribution in [-0.4, -0.2) is 9.97 Å². The lowest BCUT2D eigenvalue weighted by molar-refractivity contribution is 0.655. The molecule has 0 aliphatic carbocycles. The van der Waals surface area contributed by atoms with Gasteiger partial charge >= 0.3 is 0 Å². The van der Waals surface area contributed by atoms with Crippen molar-refractivity contribution < 1.29 is 4.42 Å². The minimum atomic E-state index is 0.560. The first-order valence-electron chi connectivity index (χ1n) is 16.8. The zero-order valence-corrected chi connectivity index (χ0v) is 27.5. The molecule has 232 valence electrons. The topological polar surface area (TPSA) is 38.9 Å². The maximum Gasteiger partial charge on any atom is 0.246 e. The first-order valence-corrected chi connectivity index (χ1v) is 17.6. The molecule has 11 rings (SSSR count). The van der Waals surface area contributed by atoms with E-state index in [-0.39, 0.29) is 0 Å². The van der Waals surface area contributed by atoms with Crippen LogP contribution in [0, 0.1) is 0 Å². The van der Waals surface area contributed by atoms with E-state index in [4.69, 9.17) is 14.4 Å². The van der Waals surface area contributed by atoms with Crippen LogP contribution in [0.15, 0.2) is 162 Å². The highest BCUT2D eigenvalue weighted by molar-refractivity contribution is 7.26. The molecule has 0 N–H and O–H groups in total. The van der Waals surface area contributed by atoms with Crippen LogP contribution in [0.1, 0.15) is 0 Å². The molecule has 0 saturated carbocycles. The van der Waals surface area contributed by atoms with Crippen molar-refractivity contribution in [1.82, 2.24) is 9.97 Å². The lowest BCUT2D eigenvalue weighted by Crippen LogP contribution is -1.89. The summed E-state index contributed by atoms with van der Waals surface area (Å²) in [5.74, 6) is 0. The number of rotatable bonds is 3. The Balaban J connectivity index is 1.03. The zero-order chi connectivity index (χ0) is 32.8. The van der Waals surface area contributed by atoms with Gasteiger partial charge in [0.25, 0.3) is 0 Å². The van der Waals surface area contributed by atoms with Crippen molar-refractivity contribution in [2.45, 2.75) is 0 Å². The second kappa shape index (κ2) is 10.6. The van der Waals surface area contributed by atoms with Gasteiger partial charge in [0.2, 0.25) is 5.71 Å². The van der Waals surface area contributed by atoms with Gasteiger partial charge in [0, 0.05) is 36.3 Å². The molecule has 0 fully saturated rings. The second-order valence-corrected chi connectivity index (χ2v) is 14.0. The summed E-state index contributed by atoms with van der Waals surface area (Å²) < 4.78 is 8.99. The summed E-state index contributed by atoms with van der Waals surface area (Å²) in [6.07, 6.45) is 0. The lowest BCUT2D eigenvalue weighted by Gasteiger charge is -2.09. The number of hydrogen-bond acceptors (Lipinski definition) is 4. The minimum Gasteiger partial charge on any atom is -0.436 e. The average molecular weight is 655 g/mol. The van der Waals surface area contributed by atoms with Crippen LogP contribution in [-0.2, 0) is 0 Å². The Morgan fingerprint density at radius 2 is 0.940 bits per heavy atom. The SMILES string of the molecule is c1cc(-c2cccc(-c3cccc4c3sc3ccccc34)c2)cc(-c2ccc3oc4nc5c6ccccc6c6ccccc6c5nc4c3c2)c1. The van der Waals surface area contributed by atoms with Gasteiger partial charge in [-0.25, -0.2) is 9.97 Å². The average Bonchev–Trinajstić information content (AvgIpc) is 3.75. The summed E-state index contributed by atoms with van der Waals surface area (Å²) in [6, 6.07) is 56.3. The molecule has 3 heterocycles. The molecule has 0 saturated heterocycles. The molecule has 0 aliphatic rings. The normalized spacial score (nSPS) is 12.0. The fourth-order valence-electron chi connectivity index (χ4n) is 7.70. The smallest absolute Gasteiger partial charge is 0.246 e. The summed E-state index contributed by atoms with van der Waals surface area (Å²) in [5, 5.41) is 8.13. The Kier molecular flexibility index (Phi) is 5.83. The molecule has 0 aliphatic heterocycles. The summed E-state index contributed by atoms with van der Waals surface area (Å²) in [4.78, 5) is 10.3. The molecule has 0 unspecified atom stereocenters. The van der Waals surface area contributed by atoms with Gasteiger partial charge in [-0.3, -0.25) is 0 Å². The third-order valence-corrected chi connectivity index (χ3v) is 11.3. The van der Waals surface area contributed by atoms with Gasteiger partial charge in [0.1, 0.15) is 16.6 Å². The highest BCUT2D eigenvalue weighted by Crippen LogP contribution is 2.41. The van der Waals surface area contributed by atoms with E-state index in [2.05, 4.69) is 152 Å². The molecule has 11 aromatic rings. The van der Waals surface area contributed by atoms with E-state index in [0.29, 0.717) is 5.71 Å². The summed E-state index contributed by atoms with van der Waals surface area (Å²) in [6.45, 7) is 0. The van der Waals surface area contributed by atoms with Crippen molar-refractivity contribution in [2.24, 2.45) is 0 Å². The largest absolute Gasteiger partial charge is 0.436 e. The molecular weight excluding hydrogens is 629 g/mol. The molecule has 0 radical (unpaired) electrons. The fraction of sp³-hybridized carbons (Fsp3) is 0. The predicted molar refractivity (Wildman–Crippen MR) is 211 cm³/mol. The predicted octanol–water partition coefficient (Wildman–Crippen LogP) is 13.2. The number of nitrogens with zero attached hydrogens (tertiary/aromatic N) is 2. The maximum absolute atomic E-state index is 6.34. The molecule has 4 heteroatoms. The van der Waals surface area contributed by atoms with Gasteiger partial charge < -0.3 is 4.42 Å². The number of hydrogen-bond donors (Lipinski definition) is 0. The summed E-state index contributed by atoms with van der Waals surface area (Å²) in [7, 11) is 0. The molecular formula is C46H26N2OS. The third-order valence-electron chi connectivity index (χ3n) is 10.1. The standard InChI is InChI=1S/C46H26N2OS/c1-3-17-36-33(14-1)34-15-2-4-18-37(34)43-42(36)47-44-39-26-30(22-23-40(39)49-46(44)48-43)28-11-7-10-27(24-28)29-12-8-13-31(25-29)32-19-9-20-38-35-16-5-6-21-41(35)50-45(32)38/h1-26H. The van der Waals surface area contributed by atoms with E-state index in [1.807, 2.05) is 17.4 Å². The number of thiophene rings is 1. The molecule has 0 atom stereocenters. The molecule has 3 aromatic heterocycles. The van der Waals surface area contributed by atoms with E-state index >= 15 is 0 Å². The van der Waals surface area contributed by atoms with Crippen molar-refractivity contribution >= 4 is 86.3 Å². The van der Waals surface area contributed by atoms with Crippen LogP contribution in [0.3, 0.4) is 0 Å². The van der Waals surface area contributed by atoms with Crippen LogP contribution >= 0.6 is 11.3 Å². The first kappa shape index (κ1) is 27.6. The zero-order valence-electron chi connectivity index (χ0n) is 26.7. The molecule has 8 aromatic carbocycles. The molecule has 50 heavy (non-hydrogen) atoms. The Labute approximate surface area is 290 Å². The minimum absolute atomic E-state index is 0.560. The van der Waals surface area contributed by atoms with E-state index in [0.717, 1.165) is 49.4 Å². The van der Waals surface area contributed by atoms with E-state index < -0.39 is 0 Å². The number of benzene rings is 8. The van der Waals surface area contributed by atoms with Crippen molar-refractivity contribution in [1.29, 1.82) is 0 Å². The van der Waals surface area contributed by atoms with Gasteiger partial charge in [-0.15, -0.1) is 11.3 Å². The van der Waals surface area contributed by atoms with Crippen molar-refractivity contribution in [3.8, 4) is 33.4 Å². The summed E-state index contributed by atoms with van der Waals surface area (Å²) >= 11 is 1.87. The van der Waals surface area contributed by atoms with E-state index in [1.165, 1.54) is 53.2 Å². The van der Waals surface area contributed by atoms with Crippen molar-refractivity contribution in [3.05, 3.63) is 158 Å². The van der Waals surface area contributed by atoms with Gasteiger partial charge in [-0.2, -0.15) is 0 Å². The van der Waals surface area contributed by atoms with Crippen LogP contribution in [0.25, 0.3) is 108 Å². The Morgan fingerprint density at radius 1 is 0.380 bits per heavy atom. The van der Waals surface area contributed by atoms with Crippen LogP contribution < -0.4 is 0 Å². The quantitative estimate of drug-likeness (QED) is 0.178. The van der Waals surface area contributed by atoms with Crippen molar-refractivity contribution in [2.75, 3.05) is 0 Å². The Morgan fingerprint density at radius 3 is 1.68 bits per heavy atom. The summed E-state index contributed by atoms with van der Waals surface area (Å²) in [5.41, 5.74) is 11.0. The molecule has 0 bridgehead atoms. The first-order chi connectivity index (χ1) is 24.8. The fourth-order valence-corrected chi connectivity index (χ4v) is 8.94.